The Balaban J connectivity index is 2.26. The van der Waals surface area contributed by atoms with E-state index in [1.165, 1.54) is 14.7 Å². The summed E-state index contributed by atoms with van der Waals surface area (Å²) in [5.74, 6) is 5.70. The maximum Gasteiger partial charge on any atom is 0.0511 e. The van der Waals surface area contributed by atoms with E-state index in [1.807, 2.05) is 18.2 Å². The summed E-state index contributed by atoms with van der Waals surface area (Å²) in [5.41, 5.74) is 5.36. The number of benzene rings is 2. The zero-order valence-corrected chi connectivity index (χ0v) is 13.5. The molecule has 2 nitrogen and oxygen atoms in total. The second kappa shape index (κ2) is 6.65. The number of nitrogens with two attached hydrogens (primary N) is 1. The van der Waals surface area contributed by atoms with E-state index in [4.69, 9.17) is 5.84 Å². The minimum Gasteiger partial charge on any atom is -0.271 e. The molecule has 0 heterocycles. The number of hydrogen-bond donors (Lipinski definition) is 2. The fraction of sp³-hybridized carbons (Fsp3) is 0.143. The highest BCUT2D eigenvalue weighted by atomic mass is 127. The van der Waals surface area contributed by atoms with Crippen LogP contribution < -0.4 is 11.3 Å². The quantitative estimate of drug-likeness (QED) is 0.452. The molecule has 94 valence electrons. The lowest BCUT2D eigenvalue weighted by Gasteiger charge is -2.18. The summed E-state index contributed by atoms with van der Waals surface area (Å²) < 4.78 is 2.29. The van der Waals surface area contributed by atoms with Gasteiger partial charge in [0.05, 0.1) is 6.04 Å². The fourth-order valence-corrected chi connectivity index (χ4v) is 2.93. The molecule has 1 unspecified atom stereocenters. The number of nitrogens with one attached hydrogen (secondary N) is 1. The number of hydrazine groups is 1. The van der Waals surface area contributed by atoms with Crippen LogP contribution in [0.4, 0.5) is 0 Å². The first kappa shape index (κ1) is 14.0. The van der Waals surface area contributed by atoms with Gasteiger partial charge in [-0.05, 0) is 58.3 Å². The van der Waals surface area contributed by atoms with Crippen LogP contribution in [0, 0.1) is 3.57 Å². The molecule has 0 saturated carbocycles. The average molecular weight is 417 g/mol. The van der Waals surface area contributed by atoms with Crippen molar-refractivity contribution in [1.82, 2.24) is 5.43 Å². The number of hydrogen-bond acceptors (Lipinski definition) is 2. The van der Waals surface area contributed by atoms with Crippen LogP contribution >= 0.6 is 38.5 Å². The highest BCUT2D eigenvalue weighted by Gasteiger charge is 2.14. The molecule has 2 aromatic carbocycles. The summed E-state index contributed by atoms with van der Waals surface area (Å²) >= 11 is 5.90. The van der Waals surface area contributed by atoms with Gasteiger partial charge in [0.1, 0.15) is 0 Å². The molecule has 0 saturated heterocycles. The Morgan fingerprint density at radius 2 is 1.89 bits per heavy atom. The molecule has 0 aromatic heterocycles. The van der Waals surface area contributed by atoms with Crippen molar-refractivity contribution in [2.24, 2.45) is 5.84 Å². The lowest BCUT2D eigenvalue weighted by Crippen LogP contribution is -2.29. The first-order chi connectivity index (χ1) is 8.70. The predicted molar refractivity (Wildman–Crippen MR) is 87.1 cm³/mol. The van der Waals surface area contributed by atoms with E-state index in [-0.39, 0.29) is 6.04 Å². The Kier molecular flexibility index (Phi) is 5.17. The standard InChI is InChI=1S/C14H14BrIN2/c15-13-7-6-11(16)9-12(13)14(18-17)8-10-4-2-1-3-5-10/h1-7,9,14,18H,8,17H2. The Morgan fingerprint density at radius 3 is 2.56 bits per heavy atom. The molecule has 1 atom stereocenters. The topological polar surface area (TPSA) is 38.0 Å². The molecule has 0 aliphatic heterocycles. The third kappa shape index (κ3) is 3.54. The van der Waals surface area contributed by atoms with Gasteiger partial charge >= 0.3 is 0 Å². The van der Waals surface area contributed by atoms with Gasteiger partial charge in [0.15, 0.2) is 0 Å². The van der Waals surface area contributed by atoms with Crippen molar-refractivity contribution in [2.75, 3.05) is 0 Å². The predicted octanol–water partition coefficient (Wildman–Crippen LogP) is 3.80. The molecule has 0 amide bonds. The molecule has 4 heteroatoms. The monoisotopic (exact) mass is 416 g/mol. The molecular weight excluding hydrogens is 403 g/mol. The van der Waals surface area contributed by atoms with E-state index in [0.717, 1.165) is 10.9 Å². The van der Waals surface area contributed by atoms with Crippen LogP contribution in [0.15, 0.2) is 53.0 Å². The van der Waals surface area contributed by atoms with Crippen LogP contribution in [0.2, 0.25) is 0 Å². The highest BCUT2D eigenvalue weighted by molar-refractivity contribution is 14.1. The SMILES string of the molecule is NNC(Cc1ccccc1)c1cc(I)ccc1Br. The summed E-state index contributed by atoms with van der Waals surface area (Å²) in [6.45, 7) is 0. The van der Waals surface area contributed by atoms with Crippen molar-refractivity contribution < 1.29 is 0 Å². The zero-order valence-electron chi connectivity index (χ0n) is 9.74. The van der Waals surface area contributed by atoms with Gasteiger partial charge in [-0.25, -0.2) is 0 Å². The van der Waals surface area contributed by atoms with E-state index in [0.29, 0.717) is 0 Å². The van der Waals surface area contributed by atoms with E-state index >= 15 is 0 Å². The van der Waals surface area contributed by atoms with E-state index in [1.54, 1.807) is 0 Å². The molecule has 18 heavy (non-hydrogen) atoms. The molecule has 2 aromatic rings. The van der Waals surface area contributed by atoms with Crippen LogP contribution in [-0.4, -0.2) is 0 Å². The maximum absolute atomic E-state index is 5.70. The van der Waals surface area contributed by atoms with Crippen LogP contribution in [0.3, 0.4) is 0 Å². The van der Waals surface area contributed by atoms with Gasteiger partial charge in [-0.3, -0.25) is 11.3 Å². The van der Waals surface area contributed by atoms with Gasteiger partial charge in [0.2, 0.25) is 0 Å². The second-order valence-electron chi connectivity index (χ2n) is 4.07. The smallest absolute Gasteiger partial charge is 0.0511 e. The average Bonchev–Trinajstić information content (AvgIpc) is 2.40. The molecule has 0 aliphatic rings. The first-order valence-electron chi connectivity index (χ1n) is 5.65. The van der Waals surface area contributed by atoms with Gasteiger partial charge in [-0.15, -0.1) is 0 Å². The van der Waals surface area contributed by atoms with Gasteiger partial charge in [-0.2, -0.15) is 0 Å². The minimum atomic E-state index is 0.108. The molecular formula is C14H14BrIN2. The van der Waals surface area contributed by atoms with Crippen molar-refractivity contribution in [3.8, 4) is 0 Å². The molecule has 0 fully saturated rings. The van der Waals surface area contributed by atoms with Crippen molar-refractivity contribution >= 4 is 38.5 Å². The summed E-state index contributed by atoms with van der Waals surface area (Å²) in [6.07, 6.45) is 0.871. The first-order valence-corrected chi connectivity index (χ1v) is 7.53. The molecule has 0 radical (unpaired) electrons. The van der Waals surface area contributed by atoms with Crippen LogP contribution in [0.25, 0.3) is 0 Å². The second-order valence-corrected chi connectivity index (χ2v) is 6.17. The molecule has 0 spiro atoms. The molecule has 0 aliphatic carbocycles. The third-order valence-electron chi connectivity index (χ3n) is 2.82. The molecule has 2 rings (SSSR count). The largest absolute Gasteiger partial charge is 0.271 e. The lowest BCUT2D eigenvalue weighted by atomic mass is 9.99. The van der Waals surface area contributed by atoms with Gasteiger partial charge < -0.3 is 0 Å². The summed E-state index contributed by atoms with van der Waals surface area (Å²) in [7, 11) is 0. The minimum absolute atomic E-state index is 0.108. The van der Waals surface area contributed by atoms with Crippen molar-refractivity contribution in [3.63, 3.8) is 0 Å². The van der Waals surface area contributed by atoms with Gasteiger partial charge in [0.25, 0.3) is 0 Å². The Morgan fingerprint density at radius 1 is 1.17 bits per heavy atom. The fourth-order valence-electron chi connectivity index (χ4n) is 1.89. The maximum atomic E-state index is 5.70. The summed E-state index contributed by atoms with van der Waals surface area (Å²) in [4.78, 5) is 0. The van der Waals surface area contributed by atoms with E-state index in [9.17, 15) is 0 Å². The summed E-state index contributed by atoms with van der Waals surface area (Å²) in [6, 6.07) is 16.7. The lowest BCUT2D eigenvalue weighted by molar-refractivity contribution is 0.550. The van der Waals surface area contributed by atoms with E-state index in [2.05, 4.69) is 74.3 Å². The zero-order chi connectivity index (χ0) is 13.0. The van der Waals surface area contributed by atoms with E-state index < -0.39 is 0 Å². The normalized spacial score (nSPS) is 12.4. The van der Waals surface area contributed by atoms with Crippen molar-refractivity contribution in [3.05, 3.63) is 67.7 Å². The van der Waals surface area contributed by atoms with Crippen LogP contribution in [0.5, 0.6) is 0 Å². The number of halogens is 2. The molecule has 3 N–H and O–H groups in total. The highest BCUT2D eigenvalue weighted by Crippen LogP contribution is 2.27. The Hall–Kier alpha value is -0.430. The van der Waals surface area contributed by atoms with Gasteiger partial charge in [-0.1, -0.05) is 46.3 Å². The third-order valence-corrected chi connectivity index (χ3v) is 4.21. The Bertz CT molecular complexity index is 516. The molecule has 0 bridgehead atoms. The van der Waals surface area contributed by atoms with Gasteiger partial charge in [0, 0.05) is 8.04 Å². The van der Waals surface area contributed by atoms with Crippen LogP contribution in [0.1, 0.15) is 17.2 Å². The van der Waals surface area contributed by atoms with Crippen molar-refractivity contribution in [1.29, 1.82) is 0 Å². The summed E-state index contributed by atoms with van der Waals surface area (Å²) in [5, 5.41) is 0. The van der Waals surface area contributed by atoms with Crippen LogP contribution in [-0.2, 0) is 6.42 Å². The van der Waals surface area contributed by atoms with Crippen molar-refractivity contribution in [2.45, 2.75) is 12.5 Å². The Labute approximate surface area is 129 Å². The number of rotatable bonds is 4.